The van der Waals surface area contributed by atoms with Crippen LogP contribution < -0.4 is 0 Å². The van der Waals surface area contributed by atoms with Gasteiger partial charge in [-0.1, -0.05) is 30.3 Å². The molecule has 3 unspecified atom stereocenters. The second-order valence-electron chi connectivity index (χ2n) is 6.11. The van der Waals surface area contributed by atoms with Gasteiger partial charge < -0.3 is 9.47 Å². The Balaban J connectivity index is 1.35. The molecule has 0 spiro atoms. The Bertz CT molecular complexity index is 500. The number of hydrogen-bond acceptors (Lipinski definition) is 4. The van der Waals surface area contributed by atoms with E-state index in [1.807, 2.05) is 30.3 Å². The Kier molecular flexibility index (Phi) is 2.82. The third-order valence-corrected chi connectivity index (χ3v) is 4.86. The summed E-state index contributed by atoms with van der Waals surface area (Å²) in [5.74, 6) is -0.111. The van der Waals surface area contributed by atoms with E-state index in [9.17, 15) is 4.79 Å². The molecule has 5 atom stereocenters. The number of epoxide rings is 1. The summed E-state index contributed by atoms with van der Waals surface area (Å²) in [6.45, 7) is 0. The highest BCUT2D eigenvalue weighted by Gasteiger charge is 2.62. The average Bonchev–Trinajstić information content (AvgIpc) is 3.18. The number of rotatable bonds is 3. The molecule has 0 N–H and O–H groups in total. The summed E-state index contributed by atoms with van der Waals surface area (Å²) in [5.41, 5.74) is 1.01. The monoisotopic (exact) mass is 273 g/mol. The van der Waals surface area contributed by atoms with E-state index >= 15 is 0 Å². The molecule has 4 heteroatoms. The lowest BCUT2D eigenvalue weighted by molar-refractivity contribution is -0.152. The van der Waals surface area contributed by atoms with Crippen molar-refractivity contribution in [2.24, 2.45) is 0 Å². The van der Waals surface area contributed by atoms with Crippen molar-refractivity contribution in [2.45, 2.75) is 49.7 Å². The maximum absolute atomic E-state index is 12.0. The van der Waals surface area contributed by atoms with Crippen LogP contribution in [0.3, 0.4) is 0 Å². The first-order valence-electron chi connectivity index (χ1n) is 7.33. The zero-order valence-corrected chi connectivity index (χ0v) is 11.6. The summed E-state index contributed by atoms with van der Waals surface area (Å²) in [7, 11) is 2.16. The predicted molar refractivity (Wildman–Crippen MR) is 73.3 cm³/mol. The van der Waals surface area contributed by atoms with Gasteiger partial charge in [0, 0.05) is 24.9 Å². The van der Waals surface area contributed by atoms with Crippen LogP contribution in [0, 0.1) is 0 Å². The molecule has 4 rings (SSSR count). The molecule has 20 heavy (non-hydrogen) atoms. The number of nitrogens with zero attached hydrogens (tertiary/aromatic N) is 1. The Labute approximate surface area is 118 Å². The van der Waals surface area contributed by atoms with Crippen molar-refractivity contribution < 1.29 is 14.3 Å². The van der Waals surface area contributed by atoms with Gasteiger partial charge in [-0.15, -0.1) is 0 Å². The molecule has 1 aromatic carbocycles. The maximum Gasteiger partial charge on any atom is 0.310 e. The fourth-order valence-corrected chi connectivity index (χ4v) is 3.79. The predicted octanol–water partition coefficient (Wildman–Crippen LogP) is 1.38. The van der Waals surface area contributed by atoms with Crippen LogP contribution in [-0.2, 0) is 20.7 Å². The molecule has 3 saturated heterocycles. The van der Waals surface area contributed by atoms with Gasteiger partial charge in [0.2, 0.25) is 0 Å². The molecule has 3 aliphatic rings. The molecule has 0 aromatic heterocycles. The fourth-order valence-electron chi connectivity index (χ4n) is 3.79. The van der Waals surface area contributed by atoms with Gasteiger partial charge in [-0.25, -0.2) is 0 Å². The average molecular weight is 273 g/mol. The summed E-state index contributed by atoms with van der Waals surface area (Å²) in [5, 5.41) is 0. The Morgan fingerprint density at radius 1 is 1.25 bits per heavy atom. The molecule has 0 amide bonds. The minimum absolute atomic E-state index is 0.0637. The molecule has 4 nitrogen and oxygen atoms in total. The standard InChI is InChI=1S/C16H19NO3/c1-17-12-8-11(9-13(17)16-15(12)20-16)19-14(18)7-10-5-3-2-4-6-10/h2-6,11-13,15-16H,7-9H2,1H3/t11?,12-,13+,15?,16?. The van der Waals surface area contributed by atoms with Crippen molar-refractivity contribution in [3.63, 3.8) is 0 Å². The zero-order chi connectivity index (χ0) is 13.7. The number of esters is 1. The van der Waals surface area contributed by atoms with Gasteiger partial charge in [-0.2, -0.15) is 0 Å². The van der Waals surface area contributed by atoms with E-state index in [1.165, 1.54) is 0 Å². The van der Waals surface area contributed by atoms with Crippen molar-refractivity contribution in [1.82, 2.24) is 4.90 Å². The van der Waals surface area contributed by atoms with Crippen molar-refractivity contribution >= 4 is 5.97 Å². The molecule has 2 bridgehead atoms. The number of likely N-dealkylation sites (N-methyl/N-ethyl adjacent to an activating group) is 1. The summed E-state index contributed by atoms with van der Waals surface area (Å²) in [6, 6.07) is 10.6. The number of fused-ring (bicyclic) bond motifs is 5. The number of morpholine rings is 1. The van der Waals surface area contributed by atoms with Gasteiger partial charge >= 0.3 is 5.97 Å². The maximum atomic E-state index is 12.0. The first kappa shape index (κ1) is 12.4. The minimum Gasteiger partial charge on any atom is -0.462 e. The Hall–Kier alpha value is -1.39. The van der Waals surface area contributed by atoms with Gasteiger partial charge in [0.25, 0.3) is 0 Å². The first-order chi connectivity index (χ1) is 9.72. The second kappa shape index (κ2) is 4.57. The lowest BCUT2D eigenvalue weighted by atomic mass is 9.99. The quantitative estimate of drug-likeness (QED) is 0.616. The van der Waals surface area contributed by atoms with Crippen LogP contribution >= 0.6 is 0 Å². The number of piperidine rings is 1. The number of ether oxygens (including phenoxy) is 2. The molecular formula is C16H19NO3. The third-order valence-electron chi connectivity index (χ3n) is 4.86. The number of carbonyl (C=O) groups excluding carboxylic acids is 1. The van der Waals surface area contributed by atoms with Crippen LogP contribution in [0.25, 0.3) is 0 Å². The highest BCUT2D eigenvalue weighted by atomic mass is 16.6. The molecule has 106 valence electrons. The Morgan fingerprint density at radius 2 is 1.90 bits per heavy atom. The van der Waals surface area contributed by atoms with E-state index in [1.54, 1.807) is 0 Å². The van der Waals surface area contributed by atoms with Crippen molar-refractivity contribution in [1.29, 1.82) is 0 Å². The van der Waals surface area contributed by atoms with Gasteiger partial charge in [0.15, 0.2) is 0 Å². The molecule has 3 fully saturated rings. The topological polar surface area (TPSA) is 42.1 Å². The highest BCUT2D eigenvalue weighted by molar-refractivity contribution is 5.72. The van der Waals surface area contributed by atoms with E-state index in [2.05, 4.69) is 11.9 Å². The lowest BCUT2D eigenvalue weighted by Crippen LogP contribution is -2.47. The van der Waals surface area contributed by atoms with Crippen LogP contribution in [0.2, 0.25) is 0 Å². The van der Waals surface area contributed by atoms with E-state index in [4.69, 9.17) is 9.47 Å². The summed E-state index contributed by atoms with van der Waals surface area (Å²) >= 11 is 0. The highest BCUT2D eigenvalue weighted by Crippen LogP contribution is 2.47. The van der Waals surface area contributed by atoms with E-state index in [0.29, 0.717) is 30.7 Å². The van der Waals surface area contributed by atoms with Crippen LogP contribution in [0.1, 0.15) is 18.4 Å². The van der Waals surface area contributed by atoms with E-state index in [-0.39, 0.29) is 12.1 Å². The number of hydrogen-bond donors (Lipinski definition) is 0. The molecule has 0 radical (unpaired) electrons. The van der Waals surface area contributed by atoms with Crippen molar-refractivity contribution in [2.75, 3.05) is 7.05 Å². The Morgan fingerprint density at radius 3 is 2.55 bits per heavy atom. The SMILES string of the molecule is CN1[C@@H]2CC(OC(=O)Cc3ccccc3)C[C@H]1C1OC12. The molecule has 1 aromatic rings. The largest absolute Gasteiger partial charge is 0.462 e. The fraction of sp³-hybridized carbons (Fsp3) is 0.562. The van der Waals surface area contributed by atoms with Crippen LogP contribution in [0.4, 0.5) is 0 Å². The number of benzene rings is 1. The lowest BCUT2D eigenvalue weighted by Gasteiger charge is -2.37. The summed E-state index contributed by atoms with van der Waals surface area (Å²) in [6.07, 6.45) is 3.04. The van der Waals surface area contributed by atoms with Gasteiger partial charge in [0.05, 0.1) is 6.42 Å². The van der Waals surface area contributed by atoms with Gasteiger partial charge in [0.1, 0.15) is 18.3 Å². The normalized spacial score (nSPS) is 38.4. The summed E-state index contributed by atoms with van der Waals surface area (Å²) < 4.78 is 11.3. The van der Waals surface area contributed by atoms with Gasteiger partial charge in [-0.05, 0) is 12.6 Å². The zero-order valence-electron chi connectivity index (χ0n) is 11.6. The second-order valence-corrected chi connectivity index (χ2v) is 6.11. The molecular weight excluding hydrogens is 254 g/mol. The van der Waals surface area contributed by atoms with E-state index in [0.717, 1.165) is 18.4 Å². The molecule has 3 aliphatic heterocycles. The number of carbonyl (C=O) groups is 1. The van der Waals surface area contributed by atoms with E-state index < -0.39 is 0 Å². The minimum atomic E-state index is -0.111. The molecule has 3 heterocycles. The van der Waals surface area contributed by atoms with Crippen molar-refractivity contribution in [3.8, 4) is 0 Å². The van der Waals surface area contributed by atoms with Crippen LogP contribution in [0.5, 0.6) is 0 Å². The smallest absolute Gasteiger partial charge is 0.310 e. The third kappa shape index (κ3) is 2.03. The molecule has 0 aliphatic carbocycles. The van der Waals surface area contributed by atoms with Gasteiger partial charge in [-0.3, -0.25) is 9.69 Å². The first-order valence-corrected chi connectivity index (χ1v) is 7.33. The van der Waals surface area contributed by atoms with Crippen LogP contribution in [0.15, 0.2) is 30.3 Å². The van der Waals surface area contributed by atoms with Crippen LogP contribution in [-0.4, -0.2) is 48.3 Å². The summed E-state index contributed by atoms with van der Waals surface area (Å²) in [4.78, 5) is 14.4. The molecule has 0 saturated carbocycles. The van der Waals surface area contributed by atoms with Crippen molar-refractivity contribution in [3.05, 3.63) is 35.9 Å².